The lowest BCUT2D eigenvalue weighted by molar-refractivity contribution is -0.135. The predicted octanol–water partition coefficient (Wildman–Crippen LogP) is 2.78. The van der Waals surface area contributed by atoms with Gasteiger partial charge in [-0.3, -0.25) is 19.8 Å². The van der Waals surface area contributed by atoms with Crippen LogP contribution in [0.2, 0.25) is 0 Å². The Morgan fingerprint density at radius 2 is 1.96 bits per heavy atom. The monoisotopic (exact) mass is 412 g/mol. The number of nitrogens with one attached hydrogen (secondary N) is 1. The molecule has 1 aromatic carbocycles. The number of ether oxygens (including phenoxy) is 2. The van der Waals surface area contributed by atoms with E-state index in [9.17, 15) is 14.4 Å². The number of thioether (sulfide) groups is 1. The number of amides is 2. The van der Waals surface area contributed by atoms with Gasteiger partial charge in [0.1, 0.15) is 0 Å². The minimum Gasteiger partial charge on any atom is -0.493 e. The first-order chi connectivity index (χ1) is 11.2. The molecule has 9 heteroatoms. The molecule has 1 aliphatic rings. The fourth-order valence-corrected chi connectivity index (χ4v) is 3.28. The Morgan fingerprint density at radius 3 is 2.46 bits per heavy atom. The van der Waals surface area contributed by atoms with Gasteiger partial charge in [-0.1, -0.05) is 15.9 Å². The number of rotatable bonds is 3. The molecule has 0 radical (unpaired) electrons. The van der Waals surface area contributed by atoms with Gasteiger partial charge < -0.3 is 9.47 Å². The van der Waals surface area contributed by atoms with Crippen molar-refractivity contribution in [3.8, 4) is 11.5 Å². The van der Waals surface area contributed by atoms with E-state index in [2.05, 4.69) is 15.9 Å². The SMILES string of the molecule is COc1cc(/C=C2\SC(=N)N(C(C)=O)C2=O)c(Br)cc1OC(C)=O. The number of amidine groups is 1. The lowest BCUT2D eigenvalue weighted by Gasteiger charge is -2.11. The van der Waals surface area contributed by atoms with E-state index in [0.717, 1.165) is 16.7 Å². The van der Waals surface area contributed by atoms with Crippen LogP contribution in [0, 0.1) is 5.41 Å². The lowest BCUT2D eigenvalue weighted by Crippen LogP contribution is -2.32. The van der Waals surface area contributed by atoms with E-state index in [4.69, 9.17) is 14.9 Å². The molecule has 0 spiro atoms. The minimum atomic E-state index is -0.549. The Labute approximate surface area is 150 Å². The largest absolute Gasteiger partial charge is 0.493 e. The van der Waals surface area contributed by atoms with Crippen molar-refractivity contribution in [2.45, 2.75) is 13.8 Å². The molecule has 0 unspecified atom stereocenters. The summed E-state index contributed by atoms with van der Waals surface area (Å²) in [6.07, 6.45) is 1.54. The second kappa shape index (κ2) is 7.18. The number of carbonyl (C=O) groups excluding carboxylic acids is 3. The van der Waals surface area contributed by atoms with Gasteiger partial charge in [0.25, 0.3) is 5.91 Å². The molecule has 0 atom stereocenters. The quantitative estimate of drug-likeness (QED) is 0.465. The number of halogens is 1. The Balaban J connectivity index is 2.43. The van der Waals surface area contributed by atoms with E-state index in [0.29, 0.717) is 15.8 Å². The molecule has 1 aromatic rings. The van der Waals surface area contributed by atoms with Crippen LogP contribution in [0.3, 0.4) is 0 Å². The molecule has 1 N–H and O–H groups in total. The summed E-state index contributed by atoms with van der Waals surface area (Å²) in [4.78, 5) is 35.8. The number of imide groups is 1. The molecular weight excluding hydrogens is 400 g/mol. The second-order valence-corrected chi connectivity index (χ2v) is 6.58. The highest BCUT2D eigenvalue weighted by atomic mass is 79.9. The molecule has 2 amide bonds. The number of nitrogens with zero attached hydrogens (tertiary/aromatic N) is 1. The minimum absolute atomic E-state index is 0.140. The first-order valence-electron chi connectivity index (χ1n) is 6.63. The maximum atomic E-state index is 12.2. The van der Waals surface area contributed by atoms with E-state index >= 15 is 0 Å². The van der Waals surface area contributed by atoms with Gasteiger partial charge in [0.15, 0.2) is 16.7 Å². The average Bonchev–Trinajstić information content (AvgIpc) is 2.75. The molecule has 24 heavy (non-hydrogen) atoms. The van der Waals surface area contributed by atoms with Crippen LogP contribution in [-0.4, -0.2) is 35.0 Å². The standard InChI is InChI=1S/C15H13BrN2O5S/c1-7(19)18-14(21)13(24-15(18)17)5-9-4-11(22-3)12(6-10(9)16)23-8(2)20/h4-6,17H,1-3H3/b13-5-,17-15?. The van der Waals surface area contributed by atoms with Gasteiger partial charge in [0.2, 0.25) is 5.91 Å². The molecular formula is C15H13BrN2O5S. The average molecular weight is 413 g/mol. The molecule has 0 saturated carbocycles. The van der Waals surface area contributed by atoms with E-state index < -0.39 is 17.8 Å². The molecule has 0 bridgehead atoms. The van der Waals surface area contributed by atoms with E-state index in [-0.39, 0.29) is 15.8 Å². The van der Waals surface area contributed by atoms with Crippen molar-refractivity contribution in [1.29, 1.82) is 5.41 Å². The zero-order chi connectivity index (χ0) is 18.0. The third-order valence-electron chi connectivity index (χ3n) is 2.96. The van der Waals surface area contributed by atoms with Gasteiger partial charge in [-0.15, -0.1) is 0 Å². The van der Waals surface area contributed by atoms with Crippen molar-refractivity contribution in [2.75, 3.05) is 7.11 Å². The summed E-state index contributed by atoms with van der Waals surface area (Å²) in [7, 11) is 1.43. The zero-order valence-corrected chi connectivity index (χ0v) is 15.4. The fourth-order valence-electron chi connectivity index (χ4n) is 1.97. The Bertz CT molecular complexity index is 790. The molecule has 1 heterocycles. The van der Waals surface area contributed by atoms with Crippen LogP contribution in [-0.2, 0) is 14.4 Å². The van der Waals surface area contributed by atoms with Crippen LogP contribution in [0.4, 0.5) is 0 Å². The number of benzene rings is 1. The highest BCUT2D eigenvalue weighted by Crippen LogP contribution is 2.37. The van der Waals surface area contributed by atoms with Crippen molar-refractivity contribution in [3.63, 3.8) is 0 Å². The summed E-state index contributed by atoms with van der Waals surface area (Å²) in [6.45, 7) is 2.50. The molecule has 7 nitrogen and oxygen atoms in total. The van der Waals surface area contributed by atoms with E-state index in [1.54, 1.807) is 12.1 Å². The first-order valence-corrected chi connectivity index (χ1v) is 8.24. The van der Waals surface area contributed by atoms with Gasteiger partial charge in [-0.2, -0.15) is 0 Å². The van der Waals surface area contributed by atoms with E-state index in [1.165, 1.54) is 27.0 Å². The third-order valence-corrected chi connectivity index (χ3v) is 4.54. The fraction of sp³-hybridized carbons (Fsp3) is 0.200. The van der Waals surface area contributed by atoms with Crippen molar-refractivity contribution in [2.24, 2.45) is 0 Å². The third kappa shape index (κ3) is 3.68. The Kier molecular flexibility index (Phi) is 5.45. The van der Waals surface area contributed by atoms with Crippen molar-refractivity contribution in [1.82, 2.24) is 4.90 Å². The van der Waals surface area contributed by atoms with Crippen LogP contribution in [0.25, 0.3) is 6.08 Å². The van der Waals surface area contributed by atoms with Crippen LogP contribution in [0.15, 0.2) is 21.5 Å². The number of esters is 1. The van der Waals surface area contributed by atoms with Crippen molar-refractivity contribution in [3.05, 3.63) is 27.1 Å². The topological polar surface area (TPSA) is 96.8 Å². The van der Waals surface area contributed by atoms with Gasteiger partial charge in [-0.25, -0.2) is 4.90 Å². The Hall–Kier alpha value is -2.13. The molecule has 0 aromatic heterocycles. The highest BCUT2D eigenvalue weighted by Gasteiger charge is 2.35. The van der Waals surface area contributed by atoms with Crippen LogP contribution >= 0.6 is 27.7 Å². The molecule has 126 valence electrons. The highest BCUT2D eigenvalue weighted by molar-refractivity contribution is 9.10. The summed E-state index contributed by atoms with van der Waals surface area (Å²) >= 11 is 4.24. The van der Waals surface area contributed by atoms with E-state index in [1.807, 2.05) is 0 Å². The van der Waals surface area contributed by atoms with Crippen LogP contribution < -0.4 is 9.47 Å². The summed E-state index contributed by atoms with van der Waals surface area (Å²) in [5, 5.41) is 7.58. The molecule has 1 fully saturated rings. The maximum absolute atomic E-state index is 12.2. The maximum Gasteiger partial charge on any atom is 0.308 e. The predicted molar refractivity (Wildman–Crippen MR) is 92.8 cm³/mol. The van der Waals surface area contributed by atoms with Crippen molar-refractivity contribution < 1.29 is 23.9 Å². The second-order valence-electron chi connectivity index (χ2n) is 4.69. The van der Waals surface area contributed by atoms with Crippen molar-refractivity contribution >= 4 is 56.7 Å². The Morgan fingerprint density at radius 1 is 1.29 bits per heavy atom. The normalized spacial score (nSPS) is 15.8. The number of carbonyl (C=O) groups is 3. The molecule has 1 aliphatic heterocycles. The van der Waals surface area contributed by atoms with Crippen LogP contribution in [0.1, 0.15) is 19.4 Å². The van der Waals surface area contributed by atoms with Gasteiger partial charge in [-0.05, 0) is 35.5 Å². The van der Waals surface area contributed by atoms with Gasteiger partial charge >= 0.3 is 5.97 Å². The van der Waals surface area contributed by atoms with Crippen LogP contribution in [0.5, 0.6) is 11.5 Å². The summed E-state index contributed by atoms with van der Waals surface area (Å²) < 4.78 is 10.8. The summed E-state index contributed by atoms with van der Waals surface area (Å²) in [5.41, 5.74) is 0.580. The lowest BCUT2D eigenvalue weighted by atomic mass is 10.2. The summed E-state index contributed by atoms with van der Waals surface area (Å²) in [6, 6.07) is 3.13. The number of hydrogen-bond acceptors (Lipinski definition) is 7. The van der Waals surface area contributed by atoms with Gasteiger partial charge in [0, 0.05) is 18.3 Å². The number of hydrogen-bond donors (Lipinski definition) is 1. The molecule has 2 rings (SSSR count). The summed E-state index contributed by atoms with van der Waals surface area (Å²) in [5.74, 6) is -0.995. The zero-order valence-electron chi connectivity index (χ0n) is 13.0. The molecule has 0 aliphatic carbocycles. The number of methoxy groups -OCH3 is 1. The first kappa shape index (κ1) is 18.2. The van der Waals surface area contributed by atoms with Gasteiger partial charge in [0.05, 0.1) is 12.0 Å². The molecule has 1 saturated heterocycles. The smallest absolute Gasteiger partial charge is 0.308 e.